The topological polar surface area (TPSA) is 56.4 Å². The summed E-state index contributed by atoms with van der Waals surface area (Å²) in [5.41, 5.74) is 9.89. The van der Waals surface area contributed by atoms with E-state index in [0.29, 0.717) is 0 Å². The predicted molar refractivity (Wildman–Crippen MR) is 63.9 cm³/mol. The van der Waals surface area contributed by atoms with Crippen molar-refractivity contribution in [2.75, 3.05) is 0 Å². The first-order valence-electron chi connectivity index (χ1n) is 5.60. The number of hydrazine groups is 2. The zero-order valence-electron chi connectivity index (χ0n) is 9.11. The van der Waals surface area contributed by atoms with Crippen LogP contribution in [-0.4, -0.2) is 17.2 Å². The number of amides is 2. The molecule has 2 unspecified atom stereocenters. The minimum absolute atomic E-state index is 0.0473. The number of halogens is 1. The van der Waals surface area contributed by atoms with Crippen LogP contribution < -0.4 is 16.3 Å². The summed E-state index contributed by atoms with van der Waals surface area (Å²) >= 11 is 5.86. The van der Waals surface area contributed by atoms with Gasteiger partial charge < -0.3 is 0 Å². The summed E-state index contributed by atoms with van der Waals surface area (Å²) in [4.78, 5) is 11.5. The first-order valence-corrected chi connectivity index (χ1v) is 5.98. The van der Waals surface area contributed by atoms with Crippen LogP contribution in [-0.2, 0) is 0 Å². The average Bonchev–Trinajstić information content (AvgIpc) is 2.72. The smallest absolute Gasteiger partial charge is 0.270 e. The molecule has 2 fully saturated rings. The molecular formula is C11H13ClN4O. The molecule has 2 heterocycles. The second-order valence-corrected chi connectivity index (χ2v) is 4.71. The number of fused-ring (bicyclic) bond motifs is 1. The Bertz CT molecular complexity index is 436. The Morgan fingerprint density at radius 2 is 2.00 bits per heavy atom. The molecule has 2 atom stereocenters. The largest absolute Gasteiger partial charge is 0.347 e. The normalized spacial score (nSPS) is 27.8. The maximum Gasteiger partial charge on any atom is 0.347 e. The molecule has 6 heteroatoms. The lowest BCUT2D eigenvalue weighted by molar-refractivity contribution is 0.103. The summed E-state index contributed by atoms with van der Waals surface area (Å²) < 4.78 is 0. The van der Waals surface area contributed by atoms with Crippen LogP contribution in [0.15, 0.2) is 24.3 Å². The molecule has 2 aliphatic rings. The number of urea groups is 1. The third kappa shape index (κ3) is 1.97. The van der Waals surface area contributed by atoms with Crippen molar-refractivity contribution in [1.82, 2.24) is 21.3 Å². The second-order valence-electron chi connectivity index (χ2n) is 4.27. The highest BCUT2D eigenvalue weighted by molar-refractivity contribution is 6.30. The fourth-order valence-corrected chi connectivity index (χ4v) is 2.38. The van der Waals surface area contributed by atoms with E-state index in [1.807, 2.05) is 24.3 Å². The molecule has 5 nitrogen and oxygen atoms in total. The van der Waals surface area contributed by atoms with Crippen LogP contribution in [0.3, 0.4) is 0 Å². The van der Waals surface area contributed by atoms with Gasteiger partial charge in [0.1, 0.15) is 6.17 Å². The van der Waals surface area contributed by atoms with Crippen molar-refractivity contribution in [1.29, 1.82) is 0 Å². The van der Waals surface area contributed by atoms with E-state index in [9.17, 15) is 4.79 Å². The summed E-state index contributed by atoms with van der Waals surface area (Å²) in [7, 11) is 0. The molecule has 2 amide bonds. The molecule has 0 bridgehead atoms. The van der Waals surface area contributed by atoms with E-state index in [1.165, 1.54) is 0 Å². The number of carbonyl (C=O) groups is 1. The van der Waals surface area contributed by atoms with E-state index in [4.69, 9.17) is 11.6 Å². The molecule has 3 N–H and O–H groups in total. The summed E-state index contributed by atoms with van der Waals surface area (Å²) in [5, 5.41) is 2.34. The quantitative estimate of drug-likeness (QED) is 0.711. The van der Waals surface area contributed by atoms with E-state index in [-0.39, 0.29) is 18.2 Å². The Kier molecular flexibility index (Phi) is 2.66. The monoisotopic (exact) mass is 252 g/mol. The highest BCUT2D eigenvalue weighted by atomic mass is 35.5. The van der Waals surface area contributed by atoms with E-state index in [0.717, 1.165) is 23.4 Å². The molecule has 0 saturated carbocycles. The van der Waals surface area contributed by atoms with Gasteiger partial charge in [0.25, 0.3) is 0 Å². The lowest BCUT2D eigenvalue weighted by Crippen LogP contribution is -2.51. The minimum atomic E-state index is -0.131. The van der Waals surface area contributed by atoms with E-state index < -0.39 is 0 Å². The molecule has 17 heavy (non-hydrogen) atoms. The van der Waals surface area contributed by atoms with Crippen LogP contribution in [0.1, 0.15) is 24.4 Å². The van der Waals surface area contributed by atoms with Gasteiger partial charge in [-0.1, -0.05) is 23.7 Å². The number of hydrogen-bond acceptors (Lipinski definition) is 3. The highest BCUT2D eigenvalue weighted by Gasteiger charge is 2.36. The van der Waals surface area contributed by atoms with Crippen molar-refractivity contribution in [3.63, 3.8) is 0 Å². The van der Waals surface area contributed by atoms with Gasteiger partial charge in [0.15, 0.2) is 0 Å². The molecule has 1 aromatic carbocycles. The average molecular weight is 253 g/mol. The molecule has 0 radical (unpaired) electrons. The van der Waals surface area contributed by atoms with Crippen LogP contribution in [0.2, 0.25) is 5.02 Å². The molecule has 90 valence electrons. The number of hydrogen-bond donors (Lipinski definition) is 3. The first kappa shape index (κ1) is 10.8. The Hall–Kier alpha value is -1.30. The zero-order chi connectivity index (χ0) is 11.8. The van der Waals surface area contributed by atoms with Gasteiger partial charge in [0.2, 0.25) is 0 Å². The van der Waals surface area contributed by atoms with Gasteiger partial charge >= 0.3 is 6.03 Å². The molecule has 0 aliphatic carbocycles. The van der Waals surface area contributed by atoms with Gasteiger partial charge in [0, 0.05) is 5.02 Å². The van der Waals surface area contributed by atoms with Crippen molar-refractivity contribution in [2.24, 2.45) is 0 Å². The van der Waals surface area contributed by atoms with E-state index >= 15 is 0 Å². The van der Waals surface area contributed by atoms with Gasteiger partial charge in [-0.3, -0.25) is 5.43 Å². The van der Waals surface area contributed by atoms with Crippen LogP contribution >= 0.6 is 11.6 Å². The number of nitrogens with zero attached hydrogens (tertiary/aromatic N) is 1. The molecule has 2 aliphatic heterocycles. The summed E-state index contributed by atoms with van der Waals surface area (Å²) in [6.07, 6.45) is 1.94. The summed E-state index contributed by atoms with van der Waals surface area (Å²) in [6.45, 7) is 0. The van der Waals surface area contributed by atoms with Crippen LogP contribution in [0.5, 0.6) is 0 Å². The van der Waals surface area contributed by atoms with Crippen LogP contribution in [0.25, 0.3) is 0 Å². The summed E-state index contributed by atoms with van der Waals surface area (Å²) in [6, 6.07) is 7.74. The molecule has 2 saturated heterocycles. The summed E-state index contributed by atoms with van der Waals surface area (Å²) in [5.74, 6) is 0. The Morgan fingerprint density at radius 3 is 2.76 bits per heavy atom. The standard InChI is InChI=1S/C11H13ClN4O/c12-8-3-1-7(2-4-8)9-5-6-10-13-14-11(17)16(10)15-9/h1-4,9-10,13,15H,5-6H2,(H,14,17). The van der Waals surface area contributed by atoms with Gasteiger partial charge in [-0.15, -0.1) is 0 Å². The SMILES string of the molecule is O=C1NNC2CCC(c3ccc(Cl)cc3)NN12. The number of nitrogens with one attached hydrogen (secondary N) is 3. The third-order valence-corrected chi connectivity index (χ3v) is 3.42. The van der Waals surface area contributed by atoms with Crippen molar-refractivity contribution in [2.45, 2.75) is 25.0 Å². The third-order valence-electron chi connectivity index (χ3n) is 3.17. The predicted octanol–water partition coefficient (Wildman–Crippen LogP) is 1.54. The van der Waals surface area contributed by atoms with Crippen LogP contribution in [0.4, 0.5) is 4.79 Å². The molecule has 0 spiro atoms. The maximum atomic E-state index is 11.5. The lowest BCUT2D eigenvalue weighted by atomic mass is 10.00. The van der Waals surface area contributed by atoms with Gasteiger partial charge in [-0.25, -0.2) is 20.7 Å². The highest BCUT2D eigenvalue weighted by Crippen LogP contribution is 2.27. The number of benzene rings is 1. The molecule has 1 aromatic rings. The Morgan fingerprint density at radius 1 is 1.24 bits per heavy atom. The fraction of sp³-hybridized carbons (Fsp3) is 0.364. The van der Waals surface area contributed by atoms with Crippen molar-refractivity contribution < 1.29 is 4.79 Å². The molecule has 0 aromatic heterocycles. The van der Waals surface area contributed by atoms with E-state index in [1.54, 1.807) is 5.01 Å². The zero-order valence-corrected chi connectivity index (χ0v) is 9.87. The van der Waals surface area contributed by atoms with Crippen LogP contribution in [0, 0.1) is 0 Å². The molecule has 3 rings (SSSR count). The second kappa shape index (κ2) is 4.18. The Balaban J connectivity index is 1.77. The maximum absolute atomic E-state index is 11.5. The molecular weight excluding hydrogens is 240 g/mol. The van der Waals surface area contributed by atoms with Gasteiger partial charge in [-0.2, -0.15) is 0 Å². The van der Waals surface area contributed by atoms with Gasteiger partial charge in [-0.05, 0) is 30.5 Å². The van der Waals surface area contributed by atoms with Crippen molar-refractivity contribution in [3.05, 3.63) is 34.9 Å². The lowest BCUT2D eigenvalue weighted by Gasteiger charge is -2.34. The number of rotatable bonds is 1. The Labute approximate surface area is 104 Å². The van der Waals surface area contributed by atoms with Crippen molar-refractivity contribution in [3.8, 4) is 0 Å². The first-order chi connectivity index (χ1) is 8.24. The number of carbonyl (C=O) groups excluding carboxylic acids is 1. The van der Waals surface area contributed by atoms with Gasteiger partial charge in [0.05, 0.1) is 6.04 Å². The fourth-order valence-electron chi connectivity index (χ4n) is 2.25. The van der Waals surface area contributed by atoms with Crippen molar-refractivity contribution >= 4 is 17.6 Å². The van der Waals surface area contributed by atoms with E-state index in [2.05, 4.69) is 16.3 Å². The minimum Gasteiger partial charge on any atom is -0.270 e.